The van der Waals surface area contributed by atoms with E-state index in [0.29, 0.717) is 86.6 Å². The molecule has 44 heteroatoms. The van der Waals surface area contributed by atoms with Crippen molar-refractivity contribution in [2.24, 2.45) is 29.6 Å². The van der Waals surface area contributed by atoms with Gasteiger partial charge in [0, 0.05) is 82.3 Å². The molecule has 0 aromatic carbocycles. The van der Waals surface area contributed by atoms with E-state index in [1.54, 1.807) is 53.1 Å². The average Bonchev–Trinajstić information content (AvgIpc) is 0.880. The largest absolute Gasteiger partial charge is 1.00 e. The standard InChI is InChI=1S/C8H14O5S2.C7H12O4S.C7H10O4S.C7H12O3S.C7H10O3S.C7H12O3S.C7H10O2S.C6H10O4S.C4H10.C2H6.CH3O.CH4.CH3.B.ClH.2Na.H2O.Pd.H2.H/c1-12-8(9)6-5-14-4-3-7(6)13-15(2,10)11;2*1-11-7(8)6-3-2-4-12(9,10)5-6;2*1-10-7(9)5-4-11-3-2-6(5)8;1-6(8)5-11-4-3-7(9)10-2;1-9-7(8)6-3-2-4-10-5-6;7-6(8)5-2-1-3-11(9,10)4-5;1-3-4-2;2*1-2;;;;;;;;;;/h6-7H,3-5H2,1-2H3;6H,2-5H2,1H3;3H,2,4-5H2,1H3;5-6,8H,2-4H2,1H3;5H,2-4H2,1H3;3-5H2,1-2H3;3H,2,4-5H2,1H3;5H,1-4H2,(H,7,8);3-4H2,1-2H3;1-2H3;1H3;1H4;1H3;;1H;;;1H2;;1H;/q;;;;;;;;;;-1;;-1;;;2*+1;;;;-1. The van der Waals surface area contributed by atoms with Crippen LogP contribution in [0.25, 0.3) is 0 Å². The Balaban J connectivity index is -0.0000000787. The number of halogens is 1. The molecule has 0 amide bonds. The van der Waals surface area contributed by atoms with Crippen molar-refractivity contribution in [3.63, 3.8) is 0 Å². The first kappa shape index (κ1) is 134. The zero-order valence-corrected chi connectivity index (χ0v) is 79.1. The van der Waals surface area contributed by atoms with Gasteiger partial charge in [-0.05, 0) is 75.5 Å². The van der Waals surface area contributed by atoms with E-state index in [2.05, 4.69) is 47.0 Å². The van der Waals surface area contributed by atoms with E-state index in [1.807, 2.05) is 19.9 Å². The SMILES string of the molecule is C.CC.CCCC.COC(=O)C1=CCCS(=O)(=O)C1.COC(=O)C1=CCCSC1.COC(=O)C1CCCS(=O)(=O)C1.COC(=O)C1CSCCC1=O.COC(=O)C1CSCCC1O.COC(=O)C1CSCCC1OS(C)(=O)=O.COC(=O)CCSCC(C)=O.C[O-].Cl.O.O=C(O)C1CCCS(=O)(=O)C1.[B].[CH3-].[H-].[HH].[Na+].[Na+].[Pd]. The van der Waals surface area contributed by atoms with Crippen molar-refractivity contribution < 1.29 is 222 Å². The number of rotatable bonds is 15. The maximum Gasteiger partial charge on any atom is 1.00 e. The normalized spacial score (nSPS) is 20.8. The Bertz CT molecular complexity index is 3040. The number of methoxy groups -OCH3 is 7. The van der Waals surface area contributed by atoms with Crippen LogP contribution >= 0.6 is 71.2 Å². The molecule has 0 aliphatic carbocycles. The van der Waals surface area contributed by atoms with Gasteiger partial charge in [0.1, 0.15) is 17.5 Å². The predicted octanol–water partition coefficient (Wildman–Crippen LogP) is -0.633. The number of esters is 7. The van der Waals surface area contributed by atoms with Gasteiger partial charge in [0.15, 0.2) is 29.5 Å². The number of aliphatic carboxylic acids is 1. The van der Waals surface area contributed by atoms with Crippen LogP contribution in [0.5, 0.6) is 0 Å². The number of thioether (sulfide) groups is 5. The number of ether oxygens (including phenoxy) is 7. The molecule has 109 heavy (non-hydrogen) atoms. The number of aliphatic hydroxyl groups is 1. The quantitative estimate of drug-likeness (QED) is 0.0392. The molecule has 0 spiro atoms. The summed E-state index contributed by atoms with van der Waals surface area (Å²) in [4.78, 5) is 108. The van der Waals surface area contributed by atoms with Crippen molar-refractivity contribution in [2.45, 2.75) is 131 Å². The Morgan fingerprint density at radius 3 is 1.48 bits per heavy atom. The number of ketones is 2. The van der Waals surface area contributed by atoms with Gasteiger partial charge >= 0.3 is 107 Å². The van der Waals surface area contributed by atoms with Crippen molar-refractivity contribution in [1.29, 1.82) is 0 Å². The number of allylic oxidation sites excluding steroid dienone is 2. The summed E-state index contributed by atoms with van der Waals surface area (Å²) in [5, 5.41) is 26.1. The minimum Gasteiger partial charge on any atom is -1.00 e. The molecule has 0 aromatic rings. The van der Waals surface area contributed by atoms with E-state index in [4.69, 9.17) is 14.4 Å². The van der Waals surface area contributed by atoms with Crippen molar-refractivity contribution in [1.82, 2.24) is 0 Å². The first-order valence-corrected chi connectivity index (χ1v) is 45.2. The van der Waals surface area contributed by atoms with Gasteiger partial charge in [0.2, 0.25) is 0 Å². The molecular formula is C65H122BClNa2O30PdS9-. The zero-order valence-electron chi connectivity index (χ0n) is 66.4. The number of carboxylic acid groups (broad SMARTS) is 1. The molecule has 639 valence electrons. The van der Waals surface area contributed by atoms with E-state index in [-0.39, 0.29) is 205 Å². The van der Waals surface area contributed by atoms with E-state index in [1.165, 1.54) is 81.3 Å². The van der Waals surface area contributed by atoms with E-state index >= 15 is 0 Å². The molecule has 7 atom stereocenters. The number of unbranched alkanes of at least 4 members (excludes halogenated alkanes) is 1. The Morgan fingerprint density at radius 2 is 1.08 bits per heavy atom. The number of carbonyl (C=O) groups excluding carboxylic acids is 9. The Labute approximate surface area is 740 Å². The number of carboxylic acids is 1. The summed E-state index contributed by atoms with van der Waals surface area (Å²) in [7, 11) is -2.61. The smallest absolute Gasteiger partial charge is 1.00 e. The fourth-order valence-electron chi connectivity index (χ4n) is 8.47. The molecular weight excluding hydrogens is 1750 g/mol. The van der Waals surface area contributed by atoms with Gasteiger partial charge in [-0.15, -0.1) is 12.4 Å². The van der Waals surface area contributed by atoms with Crippen LogP contribution in [-0.2, 0) is 145 Å². The number of carbonyl (C=O) groups is 10. The second kappa shape index (κ2) is 79.5. The minimum atomic E-state index is -3.52. The van der Waals surface area contributed by atoms with Crippen LogP contribution in [0, 0.1) is 37.0 Å². The van der Waals surface area contributed by atoms with Crippen LogP contribution < -0.4 is 64.2 Å². The molecule has 0 bridgehead atoms. The van der Waals surface area contributed by atoms with Crippen molar-refractivity contribution in [3.05, 3.63) is 30.7 Å². The van der Waals surface area contributed by atoms with Crippen LogP contribution in [-0.4, -0.2) is 284 Å². The summed E-state index contributed by atoms with van der Waals surface area (Å²) >= 11 is 8.15. The van der Waals surface area contributed by atoms with Crippen LogP contribution in [0.15, 0.2) is 23.3 Å². The van der Waals surface area contributed by atoms with Gasteiger partial charge < -0.3 is 62.8 Å². The number of hydrogen-bond donors (Lipinski definition) is 2. The van der Waals surface area contributed by atoms with E-state index in [0.717, 1.165) is 54.1 Å². The second-order valence-electron chi connectivity index (χ2n) is 21.8. The minimum absolute atomic E-state index is 0. The number of hydrogen-bond acceptors (Lipinski definition) is 33. The third kappa shape index (κ3) is 68.7. The van der Waals surface area contributed by atoms with Gasteiger partial charge in [-0.2, -0.15) is 74.3 Å². The molecule has 7 aliphatic rings. The van der Waals surface area contributed by atoms with Crippen LogP contribution in [0.4, 0.5) is 0 Å². The van der Waals surface area contributed by atoms with Gasteiger partial charge in [0.05, 0.1) is 139 Å². The summed E-state index contributed by atoms with van der Waals surface area (Å²) in [6.07, 6.45) is 11.9. The molecule has 30 nitrogen and oxygen atoms in total. The summed E-state index contributed by atoms with van der Waals surface area (Å²) in [5.41, 5.74) is 1.07. The average molecular weight is 1870 g/mol. The van der Waals surface area contributed by atoms with Gasteiger partial charge in [0.25, 0.3) is 10.1 Å². The van der Waals surface area contributed by atoms with Gasteiger partial charge in [-0.25, -0.2) is 34.8 Å². The molecule has 5 fully saturated rings. The molecule has 5 saturated heterocycles. The molecule has 4 N–H and O–H groups in total. The Morgan fingerprint density at radius 1 is 0.633 bits per heavy atom. The third-order valence-electron chi connectivity index (χ3n) is 13.9. The first-order valence-electron chi connectivity index (χ1n) is 32.1. The first-order chi connectivity index (χ1) is 47.5. The predicted molar refractivity (Wildman–Crippen MR) is 426 cm³/mol. The molecule has 7 rings (SSSR count). The Kier molecular flexibility index (Phi) is 97.8. The van der Waals surface area contributed by atoms with Crippen LogP contribution in [0.2, 0.25) is 0 Å². The summed E-state index contributed by atoms with van der Waals surface area (Å²) in [6.45, 7) is 9.89. The van der Waals surface area contributed by atoms with E-state index in [9.17, 15) is 86.7 Å². The summed E-state index contributed by atoms with van der Waals surface area (Å²) in [6, 6.07) is 0. The number of Topliss-reactive ketones (excluding diaryl/α,β-unsaturated/α-hetero) is 2. The molecule has 7 heterocycles. The van der Waals surface area contributed by atoms with Gasteiger partial charge in [-0.3, -0.25) is 42.5 Å². The maximum absolute atomic E-state index is 11.4. The van der Waals surface area contributed by atoms with Crippen molar-refractivity contribution >= 4 is 179 Å². The molecule has 0 aromatic heterocycles. The third-order valence-corrected chi connectivity index (χ3v) is 25.2. The fourth-order valence-corrected chi connectivity index (χ4v) is 18.9. The maximum atomic E-state index is 11.4. The topological polar surface area (TPSA) is 476 Å². The number of aliphatic hydroxyl groups excluding tert-OH is 1. The second-order valence-corrected chi connectivity index (χ2v) is 35.7. The van der Waals surface area contributed by atoms with Crippen molar-refractivity contribution in [2.75, 3.05) is 155 Å². The van der Waals surface area contributed by atoms with Gasteiger partial charge in [-0.1, -0.05) is 60.1 Å². The Hall–Kier alpha value is -1.01. The van der Waals surface area contributed by atoms with Crippen LogP contribution in [0.3, 0.4) is 0 Å². The summed E-state index contributed by atoms with van der Waals surface area (Å²) < 4.78 is 124. The summed E-state index contributed by atoms with van der Waals surface area (Å²) in [5.74, 6) is 1.92. The van der Waals surface area contributed by atoms with Crippen LogP contribution in [0.1, 0.15) is 122 Å². The van der Waals surface area contributed by atoms with E-state index < -0.39 is 99.4 Å². The molecule has 7 aliphatic heterocycles. The molecule has 7 unspecified atom stereocenters. The zero-order chi connectivity index (χ0) is 78.4. The van der Waals surface area contributed by atoms with Crippen molar-refractivity contribution in [3.8, 4) is 0 Å². The molecule has 3 radical (unpaired) electrons. The fraction of sp³-hybridized carbons (Fsp3) is 0.769. The monoisotopic (exact) mass is 1870 g/mol. The number of sulfone groups is 3. The molecule has 0 saturated carbocycles.